The van der Waals surface area contributed by atoms with Gasteiger partial charge in [-0.15, -0.1) is 0 Å². The van der Waals surface area contributed by atoms with Crippen molar-refractivity contribution < 1.29 is 9.59 Å². The third-order valence-electron chi connectivity index (χ3n) is 4.89. The van der Waals surface area contributed by atoms with Crippen LogP contribution in [0.15, 0.2) is 36.5 Å². The van der Waals surface area contributed by atoms with Crippen LogP contribution in [0.5, 0.6) is 0 Å². The number of benzene rings is 1. The summed E-state index contributed by atoms with van der Waals surface area (Å²) in [6.45, 7) is 10.2. The fraction of sp³-hybridized carbons (Fsp3) is 0.429. The van der Waals surface area contributed by atoms with Gasteiger partial charge in [-0.2, -0.15) is 0 Å². The Labute approximate surface area is 165 Å². The fourth-order valence-electron chi connectivity index (χ4n) is 3.11. The van der Waals surface area contributed by atoms with Crippen molar-refractivity contribution in [2.75, 3.05) is 31.5 Å². The molecule has 7 heteroatoms. The lowest BCUT2D eigenvalue weighted by Gasteiger charge is -2.34. The number of aromatic nitrogens is 2. The second-order valence-electron chi connectivity index (χ2n) is 8.02. The molecule has 0 saturated carbocycles. The lowest BCUT2D eigenvalue weighted by molar-refractivity contribution is -0.130. The van der Waals surface area contributed by atoms with Crippen molar-refractivity contribution in [1.29, 1.82) is 0 Å². The smallest absolute Gasteiger partial charge is 0.272 e. The van der Waals surface area contributed by atoms with Crippen molar-refractivity contribution in [1.82, 2.24) is 19.8 Å². The van der Waals surface area contributed by atoms with Gasteiger partial charge in [0.2, 0.25) is 11.9 Å². The second kappa shape index (κ2) is 7.96. The molecule has 0 bridgehead atoms. The Hall–Kier alpha value is -2.96. The first-order chi connectivity index (χ1) is 13.2. The average molecular weight is 381 g/mol. The number of rotatable bonds is 3. The summed E-state index contributed by atoms with van der Waals surface area (Å²) in [6.07, 6.45) is 1.58. The molecule has 1 fully saturated rings. The van der Waals surface area contributed by atoms with E-state index in [9.17, 15) is 9.59 Å². The fourth-order valence-corrected chi connectivity index (χ4v) is 3.11. The van der Waals surface area contributed by atoms with E-state index in [0.717, 1.165) is 5.69 Å². The molecule has 0 atom stereocenters. The molecule has 0 unspecified atom stereocenters. The molecule has 3 rings (SSSR count). The molecule has 1 aliphatic heterocycles. The Morgan fingerprint density at radius 3 is 2.14 bits per heavy atom. The third-order valence-corrected chi connectivity index (χ3v) is 4.89. The molecule has 0 spiro atoms. The molecule has 1 aromatic heterocycles. The van der Waals surface area contributed by atoms with E-state index in [1.54, 1.807) is 29.0 Å². The SMILES string of the molecule is CC(=O)N1CCN(C(=O)c2ccnc(Nc3ccc(C(C)(C)C)cc3)n2)CC1. The van der Waals surface area contributed by atoms with Crippen LogP contribution in [-0.2, 0) is 10.2 Å². The molecule has 1 N–H and O–H groups in total. The molecule has 1 saturated heterocycles. The van der Waals surface area contributed by atoms with E-state index in [1.807, 2.05) is 12.1 Å². The van der Waals surface area contributed by atoms with Gasteiger partial charge in [-0.05, 0) is 29.2 Å². The number of carbonyl (C=O) groups excluding carboxylic acids is 2. The van der Waals surface area contributed by atoms with E-state index in [1.165, 1.54) is 5.56 Å². The predicted molar refractivity (Wildman–Crippen MR) is 109 cm³/mol. The maximum Gasteiger partial charge on any atom is 0.272 e. The number of amides is 2. The van der Waals surface area contributed by atoms with Gasteiger partial charge in [0.25, 0.3) is 5.91 Å². The van der Waals surface area contributed by atoms with Gasteiger partial charge in [0, 0.05) is 45.0 Å². The van der Waals surface area contributed by atoms with Crippen LogP contribution in [0.2, 0.25) is 0 Å². The van der Waals surface area contributed by atoms with E-state index >= 15 is 0 Å². The number of hydrogen-bond acceptors (Lipinski definition) is 5. The summed E-state index contributed by atoms with van der Waals surface area (Å²) >= 11 is 0. The molecule has 28 heavy (non-hydrogen) atoms. The molecule has 148 valence electrons. The highest BCUT2D eigenvalue weighted by Crippen LogP contribution is 2.24. The van der Waals surface area contributed by atoms with E-state index in [2.05, 4.69) is 48.2 Å². The van der Waals surface area contributed by atoms with E-state index in [4.69, 9.17) is 0 Å². The van der Waals surface area contributed by atoms with Crippen LogP contribution in [0.1, 0.15) is 43.7 Å². The summed E-state index contributed by atoms with van der Waals surface area (Å²) in [5.41, 5.74) is 2.55. The lowest BCUT2D eigenvalue weighted by Crippen LogP contribution is -2.50. The third kappa shape index (κ3) is 4.65. The van der Waals surface area contributed by atoms with Gasteiger partial charge in [-0.3, -0.25) is 9.59 Å². The van der Waals surface area contributed by atoms with Crippen molar-refractivity contribution in [3.05, 3.63) is 47.8 Å². The van der Waals surface area contributed by atoms with Gasteiger partial charge < -0.3 is 15.1 Å². The van der Waals surface area contributed by atoms with Crippen LogP contribution in [-0.4, -0.2) is 57.8 Å². The molecule has 1 aromatic carbocycles. The zero-order chi connectivity index (χ0) is 20.3. The number of anilines is 2. The first-order valence-electron chi connectivity index (χ1n) is 9.49. The number of piperazine rings is 1. The zero-order valence-corrected chi connectivity index (χ0v) is 16.9. The van der Waals surface area contributed by atoms with Crippen molar-refractivity contribution in [2.45, 2.75) is 33.1 Å². The summed E-state index contributed by atoms with van der Waals surface area (Å²) in [4.78, 5) is 36.2. The van der Waals surface area contributed by atoms with Crippen LogP contribution >= 0.6 is 0 Å². The summed E-state index contributed by atoms with van der Waals surface area (Å²) < 4.78 is 0. The molecule has 0 radical (unpaired) electrons. The first-order valence-corrected chi connectivity index (χ1v) is 9.49. The number of nitrogens with zero attached hydrogens (tertiary/aromatic N) is 4. The Morgan fingerprint density at radius 2 is 1.57 bits per heavy atom. The van der Waals surface area contributed by atoms with Crippen LogP contribution in [0.25, 0.3) is 0 Å². The Kier molecular flexibility index (Phi) is 5.63. The highest BCUT2D eigenvalue weighted by atomic mass is 16.2. The van der Waals surface area contributed by atoms with Crippen LogP contribution in [0, 0.1) is 0 Å². The van der Waals surface area contributed by atoms with Gasteiger partial charge in [0.15, 0.2) is 0 Å². The standard InChI is InChI=1S/C21H27N5O2/c1-15(27)25-11-13-26(14-12-25)19(28)18-9-10-22-20(24-18)23-17-7-5-16(6-8-17)21(2,3)4/h5-10H,11-14H2,1-4H3,(H,22,23,24). The second-order valence-corrected chi connectivity index (χ2v) is 8.02. The molecule has 7 nitrogen and oxygen atoms in total. The van der Waals surface area contributed by atoms with Gasteiger partial charge in [0.05, 0.1) is 0 Å². The van der Waals surface area contributed by atoms with Crippen LogP contribution in [0.4, 0.5) is 11.6 Å². The summed E-state index contributed by atoms with van der Waals surface area (Å²) in [5.74, 6) is 0.284. The van der Waals surface area contributed by atoms with Crippen LogP contribution in [0.3, 0.4) is 0 Å². The number of hydrogen-bond donors (Lipinski definition) is 1. The topological polar surface area (TPSA) is 78.4 Å². The molecule has 1 aliphatic rings. The maximum atomic E-state index is 12.7. The largest absolute Gasteiger partial charge is 0.339 e. The van der Waals surface area contributed by atoms with E-state index in [0.29, 0.717) is 37.8 Å². The summed E-state index contributed by atoms with van der Waals surface area (Å²) in [7, 11) is 0. The average Bonchev–Trinajstić information content (AvgIpc) is 2.67. The van der Waals surface area contributed by atoms with Crippen molar-refractivity contribution in [3.8, 4) is 0 Å². The summed E-state index contributed by atoms with van der Waals surface area (Å²) in [5, 5.41) is 3.16. The van der Waals surface area contributed by atoms with Crippen molar-refractivity contribution in [3.63, 3.8) is 0 Å². The van der Waals surface area contributed by atoms with E-state index in [-0.39, 0.29) is 17.2 Å². The molecular formula is C21H27N5O2. The minimum Gasteiger partial charge on any atom is -0.339 e. The number of nitrogens with one attached hydrogen (secondary N) is 1. The number of carbonyl (C=O) groups is 2. The Balaban J connectivity index is 1.67. The monoisotopic (exact) mass is 381 g/mol. The van der Waals surface area contributed by atoms with Gasteiger partial charge in [-0.25, -0.2) is 9.97 Å². The minimum absolute atomic E-state index is 0.0399. The zero-order valence-electron chi connectivity index (χ0n) is 16.9. The predicted octanol–water partition coefficient (Wildman–Crippen LogP) is 2.82. The highest BCUT2D eigenvalue weighted by Gasteiger charge is 2.24. The Bertz CT molecular complexity index is 850. The molecule has 2 heterocycles. The maximum absolute atomic E-state index is 12.7. The molecule has 2 aromatic rings. The van der Waals surface area contributed by atoms with Crippen molar-refractivity contribution in [2.24, 2.45) is 0 Å². The molecule has 2 amide bonds. The van der Waals surface area contributed by atoms with Gasteiger partial charge in [-0.1, -0.05) is 32.9 Å². The quantitative estimate of drug-likeness (QED) is 0.884. The van der Waals surface area contributed by atoms with E-state index < -0.39 is 0 Å². The Morgan fingerprint density at radius 1 is 0.964 bits per heavy atom. The molecule has 0 aliphatic carbocycles. The molecular weight excluding hydrogens is 354 g/mol. The van der Waals surface area contributed by atoms with Crippen LogP contribution < -0.4 is 5.32 Å². The lowest BCUT2D eigenvalue weighted by atomic mass is 9.87. The normalized spacial score (nSPS) is 14.7. The minimum atomic E-state index is -0.142. The highest BCUT2D eigenvalue weighted by molar-refractivity contribution is 5.92. The summed E-state index contributed by atoms with van der Waals surface area (Å²) in [6, 6.07) is 9.74. The van der Waals surface area contributed by atoms with Gasteiger partial charge >= 0.3 is 0 Å². The van der Waals surface area contributed by atoms with Crippen molar-refractivity contribution >= 4 is 23.5 Å². The first kappa shape index (κ1) is 19.8. The van der Waals surface area contributed by atoms with Gasteiger partial charge in [0.1, 0.15) is 5.69 Å².